The summed E-state index contributed by atoms with van der Waals surface area (Å²) in [6, 6.07) is 7.07. The summed E-state index contributed by atoms with van der Waals surface area (Å²) in [5.41, 5.74) is 7.96. The van der Waals surface area contributed by atoms with Crippen molar-refractivity contribution in [2.45, 2.75) is 31.0 Å². The van der Waals surface area contributed by atoms with Gasteiger partial charge in [0.2, 0.25) is 6.29 Å². The molecule has 10 heteroatoms. The van der Waals surface area contributed by atoms with Gasteiger partial charge in [-0.3, -0.25) is 0 Å². The number of aliphatic hydroxyl groups excluding tert-OH is 3. The molecule has 1 fully saturated rings. The Labute approximate surface area is 153 Å². The van der Waals surface area contributed by atoms with Crippen LogP contribution in [0.3, 0.4) is 0 Å². The van der Waals surface area contributed by atoms with Crippen LogP contribution in [0.1, 0.15) is 11.4 Å². The predicted molar refractivity (Wildman–Crippen MR) is 93.7 cm³/mol. The average molecular weight is 373 g/mol. The second-order valence-corrected chi connectivity index (χ2v) is 6.27. The highest BCUT2D eigenvalue weighted by atomic mass is 16.7. The third-order valence-corrected chi connectivity index (χ3v) is 4.40. The number of benzene rings is 1. The number of H-pyrrole nitrogens is 1. The van der Waals surface area contributed by atoms with Gasteiger partial charge in [-0.05, 0) is 17.7 Å². The van der Waals surface area contributed by atoms with Gasteiger partial charge in [0.1, 0.15) is 35.4 Å². The number of aliphatic hydroxyl groups is 3. The van der Waals surface area contributed by atoms with Crippen molar-refractivity contribution in [1.82, 2.24) is 19.9 Å². The number of nitrogens with one attached hydrogen (secondary N) is 1. The van der Waals surface area contributed by atoms with Crippen molar-refractivity contribution in [2.75, 3.05) is 12.3 Å². The van der Waals surface area contributed by atoms with E-state index in [2.05, 4.69) is 19.9 Å². The Morgan fingerprint density at radius 3 is 2.63 bits per heavy atom. The highest BCUT2D eigenvalue weighted by Crippen LogP contribution is 2.25. The van der Waals surface area contributed by atoms with Crippen molar-refractivity contribution >= 4 is 17.0 Å². The van der Waals surface area contributed by atoms with Gasteiger partial charge in [0.25, 0.3) is 0 Å². The fourth-order valence-corrected chi connectivity index (χ4v) is 2.95. The Morgan fingerprint density at radius 2 is 1.93 bits per heavy atom. The van der Waals surface area contributed by atoms with Gasteiger partial charge in [0.15, 0.2) is 11.5 Å². The topological polar surface area (TPSA) is 160 Å². The molecule has 3 heterocycles. The van der Waals surface area contributed by atoms with E-state index >= 15 is 0 Å². The number of aromatic nitrogens is 4. The zero-order valence-corrected chi connectivity index (χ0v) is 14.2. The van der Waals surface area contributed by atoms with Crippen LogP contribution in [-0.4, -0.2) is 66.5 Å². The molecule has 27 heavy (non-hydrogen) atoms. The molecule has 4 rings (SSSR count). The van der Waals surface area contributed by atoms with Gasteiger partial charge in [-0.25, -0.2) is 15.0 Å². The van der Waals surface area contributed by atoms with Crippen LogP contribution in [0.4, 0.5) is 5.82 Å². The SMILES string of the molecule is Nc1nc(Cc2ccc(OC3O[C@H](CO)[C@@H](O)[C@H]3O)cc2)nc2nc[nH]c12. The molecule has 0 spiro atoms. The number of anilines is 1. The lowest BCUT2D eigenvalue weighted by Gasteiger charge is -2.17. The molecule has 6 N–H and O–H groups in total. The van der Waals surface area contributed by atoms with Gasteiger partial charge < -0.3 is 35.5 Å². The molecular weight excluding hydrogens is 354 g/mol. The maximum absolute atomic E-state index is 9.92. The van der Waals surface area contributed by atoms with Crippen LogP contribution < -0.4 is 10.5 Å². The molecule has 0 bridgehead atoms. The van der Waals surface area contributed by atoms with E-state index in [9.17, 15) is 10.2 Å². The van der Waals surface area contributed by atoms with Gasteiger partial charge in [0, 0.05) is 6.42 Å². The lowest BCUT2D eigenvalue weighted by molar-refractivity contribution is -0.116. The second-order valence-electron chi connectivity index (χ2n) is 6.27. The van der Waals surface area contributed by atoms with Gasteiger partial charge in [-0.2, -0.15) is 0 Å². The summed E-state index contributed by atoms with van der Waals surface area (Å²) in [5.74, 6) is 1.35. The molecule has 2 aromatic heterocycles. The molecule has 0 radical (unpaired) electrons. The number of ether oxygens (including phenoxy) is 2. The third-order valence-electron chi connectivity index (χ3n) is 4.40. The van der Waals surface area contributed by atoms with E-state index in [0.717, 1.165) is 5.56 Å². The summed E-state index contributed by atoms with van der Waals surface area (Å²) in [6.45, 7) is -0.402. The number of rotatable bonds is 5. The van der Waals surface area contributed by atoms with Crippen molar-refractivity contribution in [1.29, 1.82) is 0 Å². The van der Waals surface area contributed by atoms with Gasteiger partial charge in [0.05, 0.1) is 12.9 Å². The molecule has 1 aliphatic rings. The quantitative estimate of drug-likeness (QED) is 0.391. The third kappa shape index (κ3) is 3.43. The van der Waals surface area contributed by atoms with Crippen LogP contribution in [0.25, 0.3) is 11.2 Å². The lowest BCUT2D eigenvalue weighted by atomic mass is 10.1. The first-order valence-electron chi connectivity index (χ1n) is 8.38. The Bertz CT molecular complexity index is 931. The summed E-state index contributed by atoms with van der Waals surface area (Å²) >= 11 is 0. The smallest absolute Gasteiger partial charge is 0.229 e. The Morgan fingerprint density at radius 1 is 1.15 bits per heavy atom. The number of aromatic amines is 1. The summed E-state index contributed by atoms with van der Waals surface area (Å²) in [7, 11) is 0. The molecule has 3 aromatic rings. The summed E-state index contributed by atoms with van der Waals surface area (Å²) in [4.78, 5) is 15.6. The monoisotopic (exact) mass is 373 g/mol. The fraction of sp³-hybridized carbons (Fsp3) is 0.353. The number of nitrogens with zero attached hydrogens (tertiary/aromatic N) is 3. The largest absolute Gasteiger partial charge is 0.462 e. The first-order valence-corrected chi connectivity index (χ1v) is 8.38. The van der Waals surface area contributed by atoms with Crippen LogP contribution in [-0.2, 0) is 11.2 Å². The van der Waals surface area contributed by atoms with Crippen LogP contribution in [0.5, 0.6) is 5.75 Å². The predicted octanol–water partition coefficient (Wildman–Crippen LogP) is -0.656. The van der Waals surface area contributed by atoms with E-state index in [4.69, 9.17) is 20.3 Å². The number of imidazole rings is 1. The molecule has 0 saturated carbocycles. The van der Waals surface area contributed by atoms with Crippen LogP contribution in [0.15, 0.2) is 30.6 Å². The second kappa shape index (κ2) is 7.08. The van der Waals surface area contributed by atoms with E-state index in [1.165, 1.54) is 6.33 Å². The van der Waals surface area contributed by atoms with Gasteiger partial charge in [-0.15, -0.1) is 0 Å². The number of hydrogen-bond acceptors (Lipinski definition) is 9. The fourth-order valence-electron chi connectivity index (χ4n) is 2.95. The molecule has 4 atom stereocenters. The first-order chi connectivity index (χ1) is 13.0. The van der Waals surface area contributed by atoms with Crippen molar-refractivity contribution < 1.29 is 24.8 Å². The zero-order valence-electron chi connectivity index (χ0n) is 14.2. The highest BCUT2D eigenvalue weighted by Gasteiger charge is 2.43. The van der Waals surface area contributed by atoms with Gasteiger partial charge >= 0.3 is 0 Å². The summed E-state index contributed by atoms with van der Waals surface area (Å²) in [5, 5.41) is 28.8. The van der Waals surface area contributed by atoms with Crippen molar-refractivity contribution in [3.63, 3.8) is 0 Å². The van der Waals surface area contributed by atoms with E-state index in [1.54, 1.807) is 12.1 Å². The van der Waals surface area contributed by atoms with Crippen molar-refractivity contribution in [3.05, 3.63) is 42.0 Å². The minimum atomic E-state index is -1.24. The summed E-state index contributed by atoms with van der Waals surface area (Å²) < 4.78 is 10.8. The van der Waals surface area contributed by atoms with E-state index in [0.29, 0.717) is 35.0 Å². The van der Waals surface area contributed by atoms with Crippen LogP contribution in [0, 0.1) is 0 Å². The molecular formula is C17H19N5O5. The molecule has 10 nitrogen and oxygen atoms in total. The molecule has 1 saturated heterocycles. The minimum absolute atomic E-state index is 0.344. The average Bonchev–Trinajstić information content (AvgIpc) is 3.24. The molecule has 1 aliphatic heterocycles. The highest BCUT2D eigenvalue weighted by molar-refractivity contribution is 5.80. The van der Waals surface area contributed by atoms with Crippen LogP contribution in [0.2, 0.25) is 0 Å². The summed E-state index contributed by atoms with van der Waals surface area (Å²) in [6.07, 6.45) is -2.38. The first kappa shape index (κ1) is 17.6. The van der Waals surface area contributed by atoms with Crippen molar-refractivity contribution in [3.8, 4) is 5.75 Å². The van der Waals surface area contributed by atoms with E-state index in [1.807, 2.05) is 12.1 Å². The zero-order chi connectivity index (χ0) is 19.0. The Hall–Kier alpha value is -2.79. The number of nitrogen functional groups attached to an aromatic ring is 1. The minimum Gasteiger partial charge on any atom is -0.462 e. The number of nitrogens with two attached hydrogens (primary N) is 1. The standard InChI is InChI=1S/C17H19N5O5/c18-15-12-16(20-7-19-12)22-11(21-15)5-8-1-3-9(4-2-8)26-17-14(25)13(24)10(6-23)27-17/h1-4,7,10,13-14,17,23-25H,5-6H2,(H3,18,19,20,21,22)/t10-,13-,14-,17?/m1/s1. The maximum atomic E-state index is 9.92. The van der Waals surface area contributed by atoms with E-state index in [-0.39, 0.29) is 0 Å². The lowest BCUT2D eigenvalue weighted by Crippen LogP contribution is -2.35. The number of hydrogen-bond donors (Lipinski definition) is 5. The normalized spacial score (nSPS) is 25.1. The molecule has 0 amide bonds. The van der Waals surface area contributed by atoms with Gasteiger partial charge in [-0.1, -0.05) is 12.1 Å². The molecule has 1 aromatic carbocycles. The molecule has 0 aliphatic carbocycles. The Kier molecular flexibility index (Phi) is 4.62. The van der Waals surface area contributed by atoms with E-state index < -0.39 is 31.2 Å². The van der Waals surface area contributed by atoms with Crippen LogP contribution >= 0.6 is 0 Å². The maximum Gasteiger partial charge on any atom is 0.229 e. The Balaban J connectivity index is 1.44. The molecule has 1 unspecified atom stereocenters. The number of fused-ring (bicyclic) bond motifs is 1. The molecule has 142 valence electrons. The van der Waals surface area contributed by atoms with Crippen molar-refractivity contribution in [2.24, 2.45) is 0 Å².